The van der Waals surface area contributed by atoms with E-state index in [1.54, 1.807) is 13.1 Å². The van der Waals surface area contributed by atoms with Crippen molar-refractivity contribution in [1.29, 1.82) is 0 Å². The van der Waals surface area contributed by atoms with Gasteiger partial charge in [-0.25, -0.2) is 0 Å². The van der Waals surface area contributed by atoms with Crippen molar-refractivity contribution < 1.29 is 22.0 Å². The molecule has 13 heavy (non-hydrogen) atoms. The Morgan fingerprint density at radius 3 is 1.69 bits per heavy atom. The van der Waals surface area contributed by atoms with E-state index < -0.39 is 26.8 Å². The van der Waals surface area contributed by atoms with Crippen molar-refractivity contribution in [3.05, 3.63) is 0 Å². The molecule has 80 valence electrons. The van der Waals surface area contributed by atoms with Crippen molar-refractivity contribution in [1.82, 2.24) is 0 Å². The molecule has 7 heteroatoms. The molecular formula is C6H12F5NSi. The van der Waals surface area contributed by atoms with Gasteiger partial charge in [-0.1, -0.05) is 13.1 Å². The van der Waals surface area contributed by atoms with E-state index in [9.17, 15) is 22.0 Å². The van der Waals surface area contributed by atoms with Crippen LogP contribution in [0.2, 0.25) is 19.1 Å². The highest BCUT2D eigenvalue weighted by Gasteiger charge is 2.57. The van der Waals surface area contributed by atoms with E-state index in [1.165, 1.54) is 0 Å². The second-order valence-corrected chi connectivity index (χ2v) is 8.17. The Morgan fingerprint density at radius 2 is 1.46 bits per heavy atom. The van der Waals surface area contributed by atoms with Crippen molar-refractivity contribution >= 4 is 8.24 Å². The molecule has 0 rings (SSSR count). The van der Waals surface area contributed by atoms with Crippen LogP contribution in [0.15, 0.2) is 0 Å². The van der Waals surface area contributed by atoms with Crippen LogP contribution in [-0.2, 0) is 0 Å². The molecular weight excluding hydrogens is 209 g/mol. The normalized spacial score (nSPS) is 14.8. The maximum Gasteiger partial charge on any atom is 0.453 e. The van der Waals surface area contributed by atoms with Crippen LogP contribution < -0.4 is 5.40 Å². The number of hydrogen-bond donors (Lipinski definition) is 1. The van der Waals surface area contributed by atoms with Crippen molar-refractivity contribution in [3.63, 3.8) is 0 Å². The van der Waals surface area contributed by atoms with E-state index in [0.717, 1.165) is 0 Å². The van der Waals surface area contributed by atoms with Gasteiger partial charge in [0.2, 0.25) is 0 Å². The summed E-state index contributed by atoms with van der Waals surface area (Å²) < 4.78 is 59.5. The van der Waals surface area contributed by atoms with Gasteiger partial charge in [0.15, 0.2) is 0 Å². The number of alkyl halides is 5. The summed E-state index contributed by atoms with van der Waals surface area (Å²) in [6.45, 7) is 3.08. The third-order valence-corrected chi connectivity index (χ3v) is 3.04. The second kappa shape index (κ2) is 3.53. The fourth-order valence-electron chi connectivity index (χ4n) is 0.621. The fraction of sp³-hybridized carbons (Fsp3) is 1.00. The van der Waals surface area contributed by atoms with Crippen LogP contribution >= 0.6 is 0 Å². The van der Waals surface area contributed by atoms with Crippen molar-refractivity contribution in [2.45, 2.75) is 37.7 Å². The molecule has 1 nitrogen and oxygen atoms in total. The zero-order valence-electron chi connectivity index (χ0n) is 7.38. The van der Waals surface area contributed by atoms with Gasteiger partial charge in [0.05, 0.1) is 0 Å². The van der Waals surface area contributed by atoms with Crippen LogP contribution in [0.3, 0.4) is 0 Å². The van der Waals surface area contributed by atoms with E-state index in [-0.39, 0.29) is 6.04 Å². The fourth-order valence-corrected chi connectivity index (χ4v) is 1.58. The summed E-state index contributed by atoms with van der Waals surface area (Å²) in [6.07, 6.45) is -6.65. The summed E-state index contributed by atoms with van der Waals surface area (Å²) in [7, 11) is -2.33. The van der Waals surface area contributed by atoms with E-state index >= 15 is 0 Å². The average Bonchev–Trinajstić information content (AvgIpc) is 1.79. The molecule has 0 aromatic rings. The molecule has 0 aromatic carbocycles. The molecule has 0 fully saturated rings. The SMILES string of the molecule is C[Si](C)(N)CCC(F)(F)C(F)(F)F. The summed E-state index contributed by atoms with van der Waals surface area (Å²) in [5.74, 6) is -4.60. The third kappa shape index (κ3) is 4.56. The van der Waals surface area contributed by atoms with Gasteiger partial charge in [-0.15, -0.1) is 0 Å². The number of halogens is 5. The van der Waals surface area contributed by atoms with Crippen molar-refractivity contribution in [2.75, 3.05) is 0 Å². The van der Waals surface area contributed by atoms with Gasteiger partial charge in [-0.3, -0.25) is 0 Å². The monoisotopic (exact) mass is 221 g/mol. The van der Waals surface area contributed by atoms with Gasteiger partial charge in [0.1, 0.15) is 8.24 Å². The Bertz CT molecular complexity index is 171. The van der Waals surface area contributed by atoms with Crippen LogP contribution in [0, 0.1) is 0 Å². The first-order chi connectivity index (χ1) is 5.46. The van der Waals surface area contributed by atoms with Gasteiger partial charge in [0.25, 0.3) is 0 Å². The second-order valence-electron chi connectivity index (χ2n) is 3.69. The van der Waals surface area contributed by atoms with Crippen LogP contribution in [0.25, 0.3) is 0 Å². The smallest absolute Gasteiger partial charge is 0.351 e. The van der Waals surface area contributed by atoms with E-state index in [0.29, 0.717) is 0 Å². The first-order valence-corrected chi connectivity index (χ1v) is 6.98. The average molecular weight is 221 g/mol. The number of rotatable bonds is 3. The summed E-state index contributed by atoms with van der Waals surface area (Å²) in [4.78, 5) is 0. The van der Waals surface area contributed by atoms with Gasteiger partial charge >= 0.3 is 12.1 Å². The topological polar surface area (TPSA) is 26.0 Å². The minimum atomic E-state index is -5.45. The van der Waals surface area contributed by atoms with Crippen LogP contribution in [-0.4, -0.2) is 20.3 Å². The molecule has 0 aliphatic rings. The highest BCUT2D eigenvalue weighted by molar-refractivity contribution is 6.74. The zero-order chi connectivity index (χ0) is 10.9. The lowest BCUT2D eigenvalue weighted by Crippen LogP contribution is -2.43. The Balaban J connectivity index is 4.21. The van der Waals surface area contributed by atoms with Gasteiger partial charge < -0.3 is 5.40 Å². The molecule has 0 heterocycles. The Kier molecular flexibility index (Phi) is 3.48. The maximum atomic E-state index is 12.3. The molecule has 0 aliphatic heterocycles. The standard InChI is InChI=1S/C6H12F5NSi/c1-13(2,12)4-3-5(7,8)6(9,10)11/h3-4,12H2,1-2H3. The maximum absolute atomic E-state index is 12.3. The summed E-state index contributed by atoms with van der Waals surface area (Å²) in [6, 6.07) is -0.237. The lowest BCUT2D eigenvalue weighted by molar-refractivity contribution is -0.282. The first kappa shape index (κ1) is 12.8. The van der Waals surface area contributed by atoms with Gasteiger partial charge in [-0.05, 0) is 6.04 Å². The zero-order valence-corrected chi connectivity index (χ0v) is 8.38. The summed E-state index contributed by atoms with van der Waals surface area (Å²) >= 11 is 0. The number of nitrogens with two attached hydrogens (primary N) is 1. The van der Waals surface area contributed by atoms with Crippen LogP contribution in [0.4, 0.5) is 22.0 Å². The third-order valence-electron chi connectivity index (χ3n) is 1.50. The summed E-state index contributed by atoms with van der Waals surface area (Å²) in [5.41, 5.74) is 0. The lowest BCUT2D eigenvalue weighted by atomic mass is 10.2. The molecule has 0 saturated carbocycles. The molecule has 0 radical (unpaired) electrons. The van der Waals surface area contributed by atoms with Gasteiger partial charge in [0, 0.05) is 6.42 Å². The number of hydrogen-bond acceptors (Lipinski definition) is 1. The Morgan fingerprint density at radius 1 is 1.08 bits per heavy atom. The molecule has 0 spiro atoms. The Labute approximate surface area is 74.2 Å². The highest BCUT2D eigenvalue weighted by Crippen LogP contribution is 2.39. The van der Waals surface area contributed by atoms with Crippen LogP contribution in [0.5, 0.6) is 0 Å². The molecule has 0 atom stereocenters. The molecule has 0 aliphatic carbocycles. The summed E-state index contributed by atoms with van der Waals surface area (Å²) in [5, 5.41) is 5.42. The minimum absolute atomic E-state index is 0.237. The van der Waals surface area contributed by atoms with Crippen molar-refractivity contribution in [3.8, 4) is 0 Å². The lowest BCUT2D eigenvalue weighted by Gasteiger charge is -2.23. The quantitative estimate of drug-likeness (QED) is 0.575. The molecule has 0 aromatic heterocycles. The van der Waals surface area contributed by atoms with E-state index in [2.05, 4.69) is 0 Å². The van der Waals surface area contributed by atoms with Crippen LogP contribution in [0.1, 0.15) is 6.42 Å². The predicted molar refractivity (Wildman–Crippen MR) is 42.1 cm³/mol. The van der Waals surface area contributed by atoms with Crippen molar-refractivity contribution in [2.24, 2.45) is 5.40 Å². The molecule has 0 bridgehead atoms. The molecule has 2 N–H and O–H groups in total. The van der Waals surface area contributed by atoms with Gasteiger partial charge in [-0.2, -0.15) is 22.0 Å². The van der Waals surface area contributed by atoms with E-state index in [4.69, 9.17) is 5.40 Å². The molecule has 0 unspecified atom stereocenters. The van der Waals surface area contributed by atoms with E-state index in [1.807, 2.05) is 0 Å². The molecule has 0 amide bonds. The Hall–Kier alpha value is -0.173. The molecule has 0 saturated heterocycles. The minimum Gasteiger partial charge on any atom is -0.351 e. The largest absolute Gasteiger partial charge is 0.453 e. The predicted octanol–water partition coefficient (Wildman–Crippen LogP) is 2.74. The first-order valence-electron chi connectivity index (χ1n) is 3.69. The highest BCUT2D eigenvalue weighted by atomic mass is 28.3.